The molecular weight excluding hydrogens is 353 g/mol. The van der Waals surface area contributed by atoms with Crippen LogP contribution in [0.3, 0.4) is 0 Å². The summed E-state index contributed by atoms with van der Waals surface area (Å²) in [6.07, 6.45) is 1.61. The maximum absolute atomic E-state index is 13.1. The second kappa shape index (κ2) is 6.42. The molecule has 0 atom stereocenters. The largest absolute Gasteiger partial charge is 0.454 e. The maximum Gasteiger partial charge on any atom is 0.330 e. The van der Waals surface area contributed by atoms with Crippen molar-refractivity contribution in [1.82, 2.24) is 19.1 Å². The quantitative estimate of drug-likeness (QED) is 0.743. The molecule has 27 heavy (non-hydrogen) atoms. The summed E-state index contributed by atoms with van der Waals surface area (Å²) in [7, 11) is 1.63. The van der Waals surface area contributed by atoms with E-state index >= 15 is 0 Å². The zero-order valence-electron chi connectivity index (χ0n) is 15.0. The number of anilines is 2. The summed E-state index contributed by atoms with van der Waals surface area (Å²) in [6.45, 7) is 5.52. The van der Waals surface area contributed by atoms with Gasteiger partial charge in [0.05, 0.1) is 12.0 Å². The highest BCUT2D eigenvalue weighted by Gasteiger charge is 2.17. The van der Waals surface area contributed by atoms with Gasteiger partial charge in [0.15, 0.2) is 17.1 Å². The van der Waals surface area contributed by atoms with E-state index in [9.17, 15) is 9.18 Å². The van der Waals surface area contributed by atoms with Crippen molar-refractivity contribution in [3.05, 3.63) is 46.8 Å². The SMILES string of the molecule is C=C(F)CCn1c(=O)n(C)c2cnc(Nc3cc4c(cc3C)OCO4)nc21. The highest BCUT2D eigenvalue weighted by molar-refractivity contribution is 5.73. The molecule has 3 aromatic rings. The van der Waals surface area contributed by atoms with Crippen LogP contribution in [-0.2, 0) is 13.6 Å². The van der Waals surface area contributed by atoms with Gasteiger partial charge in [0, 0.05) is 31.8 Å². The minimum atomic E-state index is -0.484. The number of ether oxygens (including phenoxy) is 2. The van der Waals surface area contributed by atoms with Gasteiger partial charge in [-0.1, -0.05) is 6.58 Å². The highest BCUT2D eigenvalue weighted by Crippen LogP contribution is 2.37. The van der Waals surface area contributed by atoms with Crippen molar-refractivity contribution in [3.8, 4) is 11.5 Å². The molecule has 0 aliphatic carbocycles. The van der Waals surface area contributed by atoms with E-state index in [1.165, 1.54) is 9.13 Å². The van der Waals surface area contributed by atoms with Crippen molar-refractivity contribution < 1.29 is 13.9 Å². The average Bonchev–Trinajstić information content (AvgIpc) is 3.17. The number of fused-ring (bicyclic) bond motifs is 2. The van der Waals surface area contributed by atoms with E-state index in [0.717, 1.165) is 11.3 Å². The highest BCUT2D eigenvalue weighted by atomic mass is 19.1. The summed E-state index contributed by atoms with van der Waals surface area (Å²) in [6, 6.07) is 3.69. The lowest BCUT2D eigenvalue weighted by atomic mass is 10.2. The Kier molecular flexibility index (Phi) is 4.06. The van der Waals surface area contributed by atoms with Gasteiger partial charge in [-0.3, -0.25) is 9.13 Å². The second-order valence-electron chi connectivity index (χ2n) is 6.31. The van der Waals surface area contributed by atoms with E-state index in [2.05, 4.69) is 21.9 Å². The molecule has 0 amide bonds. The molecule has 1 aromatic carbocycles. The molecule has 1 N–H and O–H groups in total. The van der Waals surface area contributed by atoms with E-state index in [1.807, 2.05) is 19.1 Å². The van der Waals surface area contributed by atoms with Crippen molar-refractivity contribution in [2.24, 2.45) is 7.05 Å². The Balaban J connectivity index is 1.72. The number of halogens is 1. The molecule has 2 aromatic heterocycles. The summed E-state index contributed by atoms with van der Waals surface area (Å²) >= 11 is 0. The molecule has 0 unspecified atom stereocenters. The van der Waals surface area contributed by atoms with Gasteiger partial charge in [0.25, 0.3) is 0 Å². The summed E-state index contributed by atoms with van der Waals surface area (Å²) in [5, 5.41) is 3.14. The normalized spacial score (nSPS) is 12.6. The number of imidazole rings is 1. The van der Waals surface area contributed by atoms with Gasteiger partial charge in [-0.25, -0.2) is 14.2 Å². The zero-order chi connectivity index (χ0) is 19.1. The van der Waals surface area contributed by atoms with Gasteiger partial charge in [-0.2, -0.15) is 4.98 Å². The number of nitrogens with one attached hydrogen (secondary N) is 1. The fourth-order valence-corrected chi connectivity index (χ4v) is 2.97. The van der Waals surface area contributed by atoms with Crippen LogP contribution in [0.25, 0.3) is 11.2 Å². The Morgan fingerprint density at radius 3 is 2.85 bits per heavy atom. The molecule has 0 radical (unpaired) electrons. The first-order valence-electron chi connectivity index (χ1n) is 8.37. The van der Waals surface area contributed by atoms with Crippen LogP contribution in [0.1, 0.15) is 12.0 Å². The minimum absolute atomic E-state index is 0.0487. The molecule has 0 saturated heterocycles. The van der Waals surface area contributed by atoms with Gasteiger partial charge < -0.3 is 14.8 Å². The molecule has 9 heteroatoms. The smallest absolute Gasteiger partial charge is 0.330 e. The van der Waals surface area contributed by atoms with E-state index in [-0.39, 0.29) is 25.4 Å². The van der Waals surface area contributed by atoms with Crippen LogP contribution in [0.4, 0.5) is 16.0 Å². The number of allylic oxidation sites excluding steroid dienone is 1. The standard InChI is InChI=1S/C18H18FN5O3/c1-10-6-14-15(27-9-26-14)7-12(10)21-17-20-8-13-16(22-17)24(5-4-11(2)19)18(25)23(13)3/h6-8H,2,4-5,9H2,1,3H3,(H,20,21,22). The maximum atomic E-state index is 13.1. The van der Waals surface area contributed by atoms with E-state index in [1.54, 1.807) is 13.2 Å². The van der Waals surface area contributed by atoms with Gasteiger partial charge in [-0.05, 0) is 18.6 Å². The van der Waals surface area contributed by atoms with Crippen LogP contribution in [-0.4, -0.2) is 25.9 Å². The molecule has 3 heterocycles. The van der Waals surface area contributed by atoms with E-state index in [0.29, 0.717) is 28.6 Å². The summed E-state index contributed by atoms with van der Waals surface area (Å²) in [5.41, 5.74) is 2.41. The molecule has 1 aliphatic rings. The van der Waals surface area contributed by atoms with Crippen LogP contribution in [0, 0.1) is 6.92 Å². The molecule has 4 rings (SSSR count). The number of rotatable bonds is 5. The average molecular weight is 371 g/mol. The fourth-order valence-electron chi connectivity index (χ4n) is 2.97. The number of nitrogens with zero attached hydrogens (tertiary/aromatic N) is 4. The van der Waals surface area contributed by atoms with Crippen molar-refractivity contribution in [2.75, 3.05) is 12.1 Å². The van der Waals surface area contributed by atoms with Crippen molar-refractivity contribution in [2.45, 2.75) is 19.9 Å². The molecule has 140 valence electrons. The first-order chi connectivity index (χ1) is 12.9. The Morgan fingerprint density at radius 1 is 1.37 bits per heavy atom. The Hall–Kier alpha value is -3.36. The van der Waals surface area contributed by atoms with Gasteiger partial charge in [-0.15, -0.1) is 0 Å². The lowest BCUT2D eigenvalue weighted by Crippen LogP contribution is -2.22. The third-order valence-electron chi connectivity index (χ3n) is 4.46. The van der Waals surface area contributed by atoms with Crippen LogP contribution in [0.15, 0.2) is 35.5 Å². The van der Waals surface area contributed by atoms with Gasteiger partial charge in [0.2, 0.25) is 12.7 Å². The van der Waals surface area contributed by atoms with Crippen LogP contribution in [0.5, 0.6) is 11.5 Å². The molecule has 0 bridgehead atoms. The molecule has 0 saturated carbocycles. The Bertz CT molecular complexity index is 1120. The Labute approximate surface area is 153 Å². The third kappa shape index (κ3) is 3.01. The van der Waals surface area contributed by atoms with Crippen molar-refractivity contribution in [1.29, 1.82) is 0 Å². The monoisotopic (exact) mass is 371 g/mol. The van der Waals surface area contributed by atoms with Crippen LogP contribution >= 0.6 is 0 Å². The number of hydrogen-bond acceptors (Lipinski definition) is 6. The molecule has 0 spiro atoms. The van der Waals surface area contributed by atoms with E-state index < -0.39 is 5.83 Å². The van der Waals surface area contributed by atoms with Gasteiger partial charge in [0.1, 0.15) is 5.52 Å². The predicted molar refractivity (Wildman–Crippen MR) is 98.2 cm³/mol. The third-order valence-corrected chi connectivity index (χ3v) is 4.46. The molecular formula is C18H18FN5O3. The fraction of sp³-hybridized carbons (Fsp3) is 0.278. The molecule has 8 nitrogen and oxygen atoms in total. The number of aromatic nitrogens is 4. The van der Waals surface area contributed by atoms with Crippen molar-refractivity contribution in [3.63, 3.8) is 0 Å². The topological polar surface area (TPSA) is 83.2 Å². The first kappa shape index (κ1) is 17.1. The number of hydrogen-bond donors (Lipinski definition) is 1. The zero-order valence-corrected chi connectivity index (χ0v) is 15.0. The second-order valence-corrected chi connectivity index (χ2v) is 6.31. The minimum Gasteiger partial charge on any atom is -0.454 e. The molecule has 1 aliphatic heterocycles. The van der Waals surface area contributed by atoms with Gasteiger partial charge >= 0.3 is 5.69 Å². The van der Waals surface area contributed by atoms with Crippen LogP contribution < -0.4 is 20.5 Å². The van der Waals surface area contributed by atoms with E-state index in [4.69, 9.17) is 9.47 Å². The first-order valence-corrected chi connectivity index (χ1v) is 8.37. The lowest BCUT2D eigenvalue weighted by molar-refractivity contribution is 0.174. The summed E-state index contributed by atoms with van der Waals surface area (Å²) < 4.78 is 26.7. The lowest BCUT2D eigenvalue weighted by Gasteiger charge is -2.10. The number of aryl methyl sites for hydroxylation is 3. The van der Waals surface area contributed by atoms with Crippen LogP contribution in [0.2, 0.25) is 0 Å². The Morgan fingerprint density at radius 2 is 2.11 bits per heavy atom. The van der Waals surface area contributed by atoms with Crippen molar-refractivity contribution >= 4 is 22.8 Å². The summed E-state index contributed by atoms with van der Waals surface area (Å²) in [5.74, 6) is 1.17. The summed E-state index contributed by atoms with van der Waals surface area (Å²) in [4.78, 5) is 21.2. The predicted octanol–water partition coefficient (Wildman–Crippen LogP) is 2.78. The number of benzene rings is 1. The molecule has 0 fully saturated rings.